The molecule has 0 amide bonds. The smallest absolute Gasteiger partial charge is 0.155 e. The Labute approximate surface area is 69.5 Å². The van der Waals surface area contributed by atoms with E-state index in [0.29, 0.717) is 0 Å². The third-order valence-corrected chi connectivity index (χ3v) is 1.67. The molecule has 2 rings (SSSR count). The molecule has 0 aliphatic carbocycles. The lowest BCUT2D eigenvalue weighted by molar-refractivity contribution is 0.280. The van der Waals surface area contributed by atoms with E-state index in [2.05, 4.69) is 10.1 Å². The Balaban J connectivity index is 2.66. The maximum atomic E-state index is 8.82. The Morgan fingerprint density at radius 1 is 1.58 bits per heavy atom. The summed E-state index contributed by atoms with van der Waals surface area (Å²) in [6.07, 6.45) is 3.42. The van der Waals surface area contributed by atoms with Gasteiger partial charge in [0.15, 0.2) is 5.65 Å². The second-order valence-electron chi connectivity index (χ2n) is 2.71. The van der Waals surface area contributed by atoms with Crippen LogP contribution in [-0.2, 0) is 6.61 Å². The Hall–Kier alpha value is -1.42. The molecule has 0 bridgehead atoms. The quantitative estimate of drug-likeness (QED) is 0.667. The predicted octanol–water partition coefficient (Wildman–Crippen LogP) is 0.530. The van der Waals surface area contributed by atoms with Gasteiger partial charge in [0.25, 0.3) is 0 Å². The lowest BCUT2D eigenvalue weighted by Crippen LogP contribution is -1.93. The maximum absolute atomic E-state index is 8.82. The fraction of sp³-hybridized carbons (Fsp3) is 0.250. The van der Waals surface area contributed by atoms with Gasteiger partial charge < -0.3 is 5.11 Å². The first-order valence-electron chi connectivity index (χ1n) is 3.71. The summed E-state index contributed by atoms with van der Waals surface area (Å²) < 4.78 is 1.67. The number of nitrogens with zero attached hydrogens (tertiary/aromatic N) is 3. The van der Waals surface area contributed by atoms with E-state index in [1.54, 1.807) is 16.9 Å². The van der Waals surface area contributed by atoms with Crippen molar-refractivity contribution >= 4 is 5.65 Å². The minimum atomic E-state index is 0.00183. The fourth-order valence-electron chi connectivity index (χ4n) is 1.12. The van der Waals surface area contributed by atoms with E-state index in [0.717, 1.165) is 16.9 Å². The van der Waals surface area contributed by atoms with E-state index in [1.807, 2.05) is 13.0 Å². The number of hydrogen-bond donors (Lipinski definition) is 1. The summed E-state index contributed by atoms with van der Waals surface area (Å²) in [7, 11) is 0. The van der Waals surface area contributed by atoms with E-state index in [9.17, 15) is 0 Å². The van der Waals surface area contributed by atoms with Crippen LogP contribution in [0.2, 0.25) is 0 Å². The molecule has 0 aliphatic rings. The monoisotopic (exact) mass is 163 g/mol. The Bertz CT molecular complexity index is 408. The third kappa shape index (κ3) is 1.06. The first-order chi connectivity index (χ1) is 5.79. The molecule has 2 aromatic rings. The molecule has 0 aliphatic heterocycles. The highest BCUT2D eigenvalue weighted by atomic mass is 16.3. The molecule has 4 nitrogen and oxygen atoms in total. The van der Waals surface area contributed by atoms with Crippen molar-refractivity contribution in [2.45, 2.75) is 13.5 Å². The predicted molar refractivity (Wildman–Crippen MR) is 43.6 cm³/mol. The van der Waals surface area contributed by atoms with Crippen molar-refractivity contribution in [3.63, 3.8) is 0 Å². The van der Waals surface area contributed by atoms with Gasteiger partial charge >= 0.3 is 0 Å². The van der Waals surface area contributed by atoms with Gasteiger partial charge in [0, 0.05) is 24.0 Å². The second-order valence-corrected chi connectivity index (χ2v) is 2.71. The van der Waals surface area contributed by atoms with E-state index in [1.165, 1.54) is 0 Å². The fourth-order valence-corrected chi connectivity index (χ4v) is 1.12. The summed E-state index contributed by atoms with van der Waals surface area (Å²) in [6, 6.07) is 1.89. The molecular formula is C8H9N3O. The van der Waals surface area contributed by atoms with Crippen LogP contribution in [0.25, 0.3) is 5.65 Å². The number of fused-ring (bicyclic) bond motifs is 1. The van der Waals surface area contributed by atoms with Crippen molar-refractivity contribution in [1.82, 2.24) is 14.6 Å². The molecular weight excluding hydrogens is 154 g/mol. The molecule has 0 spiro atoms. The van der Waals surface area contributed by atoms with Crippen molar-refractivity contribution in [1.29, 1.82) is 0 Å². The van der Waals surface area contributed by atoms with Crippen molar-refractivity contribution in [3.8, 4) is 0 Å². The van der Waals surface area contributed by atoms with Gasteiger partial charge in [-0.05, 0) is 6.92 Å². The minimum Gasteiger partial charge on any atom is -0.392 e. The molecule has 2 heterocycles. The topological polar surface area (TPSA) is 50.4 Å². The number of aromatic nitrogens is 3. The molecule has 0 atom stereocenters. The molecule has 62 valence electrons. The van der Waals surface area contributed by atoms with Gasteiger partial charge in [-0.3, -0.25) is 0 Å². The van der Waals surface area contributed by atoms with E-state index in [4.69, 9.17) is 5.11 Å². The average molecular weight is 163 g/mol. The normalized spacial score (nSPS) is 10.8. The lowest BCUT2D eigenvalue weighted by atomic mass is 10.4. The molecule has 0 saturated heterocycles. The maximum Gasteiger partial charge on any atom is 0.155 e. The summed E-state index contributed by atoms with van der Waals surface area (Å²) in [5, 5.41) is 13.0. The lowest BCUT2D eigenvalue weighted by Gasteiger charge is -1.95. The molecule has 2 aromatic heterocycles. The summed E-state index contributed by atoms with van der Waals surface area (Å²) in [4.78, 5) is 4.11. The molecule has 12 heavy (non-hydrogen) atoms. The first-order valence-corrected chi connectivity index (χ1v) is 3.71. The molecule has 1 N–H and O–H groups in total. The average Bonchev–Trinajstić information content (AvgIpc) is 2.43. The van der Waals surface area contributed by atoms with Crippen LogP contribution in [0.1, 0.15) is 11.3 Å². The summed E-state index contributed by atoms with van der Waals surface area (Å²) >= 11 is 0. The molecule has 0 saturated carbocycles. The van der Waals surface area contributed by atoms with Gasteiger partial charge in [-0.25, -0.2) is 9.50 Å². The first kappa shape index (κ1) is 7.24. The van der Waals surface area contributed by atoms with Crippen molar-refractivity contribution in [3.05, 3.63) is 29.7 Å². The third-order valence-electron chi connectivity index (χ3n) is 1.67. The van der Waals surface area contributed by atoms with Gasteiger partial charge in [-0.1, -0.05) is 0 Å². The van der Waals surface area contributed by atoms with E-state index < -0.39 is 0 Å². The molecule has 0 fully saturated rings. The number of aryl methyl sites for hydroxylation is 1. The molecule has 0 unspecified atom stereocenters. The van der Waals surface area contributed by atoms with Crippen LogP contribution in [0.3, 0.4) is 0 Å². The van der Waals surface area contributed by atoms with Gasteiger partial charge in [0.05, 0.1) is 12.3 Å². The Kier molecular flexibility index (Phi) is 1.55. The van der Waals surface area contributed by atoms with Crippen molar-refractivity contribution in [2.75, 3.05) is 0 Å². The van der Waals surface area contributed by atoms with Crippen molar-refractivity contribution in [2.24, 2.45) is 0 Å². The van der Waals surface area contributed by atoms with Crippen LogP contribution in [0.5, 0.6) is 0 Å². The van der Waals surface area contributed by atoms with Crippen molar-refractivity contribution < 1.29 is 5.11 Å². The van der Waals surface area contributed by atoms with E-state index in [-0.39, 0.29) is 6.61 Å². The highest BCUT2D eigenvalue weighted by Gasteiger charge is 1.98. The zero-order valence-electron chi connectivity index (χ0n) is 6.73. The van der Waals surface area contributed by atoms with E-state index >= 15 is 0 Å². The zero-order chi connectivity index (χ0) is 8.55. The second kappa shape index (κ2) is 2.57. The van der Waals surface area contributed by atoms with Gasteiger partial charge in [-0.15, -0.1) is 0 Å². The molecule has 0 aromatic carbocycles. The van der Waals surface area contributed by atoms with Crippen LogP contribution in [0, 0.1) is 6.92 Å². The molecule has 4 heteroatoms. The SMILES string of the molecule is Cc1cc2ncc(CO)cn2n1. The van der Waals surface area contributed by atoms with Crippen LogP contribution in [0.15, 0.2) is 18.5 Å². The zero-order valence-corrected chi connectivity index (χ0v) is 6.73. The van der Waals surface area contributed by atoms with Crippen LogP contribution in [0.4, 0.5) is 0 Å². The standard InChI is InChI=1S/C8H9N3O/c1-6-2-8-9-3-7(5-12)4-11(8)10-6/h2-4,12H,5H2,1H3. The highest BCUT2D eigenvalue weighted by molar-refractivity contribution is 5.38. The number of hydrogen-bond acceptors (Lipinski definition) is 3. The highest BCUT2D eigenvalue weighted by Crippen LogP contribution is 2.03. The largest absolute Gasteiger partial charge is 0.392 e. The van der Waals surface area contributed by atoms with Crippen LogP contribution in [-0.4, -0.2) is 19.7 Å². The van der Waals surface area contributed by atoms with Gasteiger partial charge in [0.2, 0.25) is 0 Å². The number of aliphatic hydroxyl groups is 1. The van der Waals surface area contributed by atoms with Crippen LogP contribution < -0.4 is 0 Å². The van der Waals surface area contributed by atoms with Crippen LogP contribution >= 0.6 is 0 Å². The molecule has 0 radical (unpaired) electrons. The summed E-state index contributed by atoms with van der Waals surface area (Å²) in [5.41, 5.74) is 2.51. The number of rotatable bonds is 1. The van der Waals surface area contributed by atoms with Gasteiger partial charge in [0.1, 0.15) is 0 Å². The Morgan fingerprint density at radius 2 is 2.42 bits per heavy atom. The summed E-state index contributed by atoms with van der Waals surface area (Å²) in [6.45, 7) is 1.91. The number of aliphatic hydroxyl groups excluding tert-OH is 1. The Morgan fingerprint density at radius 3 is 3.17 bits per heavy atom. The minimum absolute atomic E-state index is 0.00183. The van der Waals surface area contributed by atoms with Gasteiger partial charge in [-0.2, -0.15) is 5.10 Å². The summed E-state index contributed by atoms with van der Waals surface area (Å²) in [5.74, 6) is 0.